The standard InChI is InChI=1S/C25H28N4O2/c30-25(27-19-22-12-7-13-26-24(22)29-14-16-31-17-15-29)28-23(21-10-5-2-6-11-21)18-20-8-3-1-4-9-20/h1-13,23H,14-19H2,(H2,27,28,30)/t23-/m0/s1. The number of carbonyl (C=O) groups excluding carboxylic acids is 1. The summed E-state index contributed by atoms with van der Waals surface area (Å²) in [5.41, 5.74) is 3.26. The van der Waals surface area contributed by atoms with E-state index in [9.17, 15) is 4.79 Å². The van der Waals surface area contributed by atoms with E-state index in [1.165, 1.54) is 5.56 Å². The molecule has 0 aliphatic carbocycles. The minimum absolute atomic E-state index is 0.115. The molecule has 1 saturated heterocycles. The highest BCUT2D eigenvalue weighted by Gasteiger charge is 2.18. The quantitative estimate of drug-likeness (QED) is 0.616. The topological polar surface area (TPSA) is 66.5 Å². The molecule has 4 rings (SSSR count). The molecular formula is C25H28N4O2. The number of hydrogen-bond donors (Lipinski definition) is 2. The number of ether oxygens (including phenoxy) is 1. The van der Waals surface area contributed by atoms with E-state index in [2.05, 4.69) is 32.7 Å². The number of aromatic nitrogens is 1. The van der Waals surface area contributed by atoms with Gasteiger partial charge in [-0.3, -0.25) is 0 Å². The van der Waals surface area contributed by atoms with Crippen LogP contribution in [-0.4, -0.2) is 37.3 Å². The molecule has 2 heterocycles. The van der Waals surface area contributed by atoms with Crippen molar-refractivity contribution in [3.05, 3.63) is 95.7 Å². The van der Waals surface area contributed by atoms with Gasteiger partial charge in [-0.05, 0) is 23.6 Å². The van der Waals surface area contributed by atoms with Gasteiger partial charge in [-0.2, -0.15) is 0 Å². The summed E-state index contributed by atoms with van der Waals surface area (Å²) >= 11 is 0. The molecule has 2 aromatic carbocycles. The van der Waals surface area contributed by atoms with Gasteiger partial charge in [0.25, 0.3) is 0 Å². The number of hydrogen-bond acceptors (Lipinski definition) is 4. The van der Waals surface area contributed by atoms with Crippen LogP contribution in [0.3, 0.4) is 0 Å². The third kappa shape index (κ3) is 5.83. The molecule has 6 heteroatoms. The fourth-order valence-corrected chi connectivity index (χ4v) is 3.80. The predicted octanol–water partition coefficient (Wildman–Crippen LogP) is 3.70. The van der Waals surface area contributed by atoms with Crippen molar-refractivity contribution in [2.45, 2.75) is 19.0 Å². The fraction of sp³-hybridized carbons (Fsp3) is 0.280. The Morgan fingerprint density at radius 3 is 2.42 bits per heavy atom. The largest absolute Gasteiger partial charge is 0.378 e. The Kier molecular flexibility index (Phi) is 7.13. The van der Waals surface area contributed by atoms with Crippen LogP contribution in [0.25, 0.3) is 0 Å². The van der Waals surface area contributed by atoms with E-state index in [-0.39, 0.29) is 12.1 Å². The van der Waals surface area contributed by atoms with Crippen LogP contribution < -0.4 is 15.5 Å². The molecule has 0 unspecified atom stereocenters. The zero-order chi connectivity index (χ0) is 21.3. The lowest BCUT2D eigenvalue weighted by Gasteiger charge is -2.29. The number of nitrogens with one attached hydrogen (secondary N) is 2. The van der Waals surface area contributed by atoms with Crippen molar-refractivity contribution < 1.29 is 9.53 Å². The molecule has 1 aromatic heterocycles. The minimum Gasteiger partial charge on any atom is -0.378 e. The van der Waals surface area contributed by atoms with Crippen LogP contribution in [0.1, 0.15) is 22.7 Å². The van der Waals surface area contributed by atoms with Gasteiger partial charge in [-0.25, -0.2) is 9.78 Å². The number of benzene rings is 2. The fourth-order valence-electron chi connectivity index (χ4n) is 3.80. The van der Waals surface area contributed by atoms with Crippen LogP contribution >= 0.6 is 0 Å². The number of anilines is 1. The Labute approximate surface area is 183 Å². The molecular weight excluding hydrogens is 388 g/mol. The maximum Gasteiger partial charge on any atom is 0.315 e. The van der Waals surface area contributed by atoms with Gasteiger partial charge in [0.1, 0.15) is 5.82 Å². The molecule has 3 aromatic rings. The Morgan fingerprint density at radius 2 is 1.68 bits per heavy atom. The highest BCUT2D eigenvalue weighted by Crippen LogP contribution is 2.20. The lowest BCUT2D eigenvalue weighted by atomic mass is 9.99. The molecule has 0 bridgehead atoms. The predicted molar refractivity (Wildman–Crippen MR) is 122 cm³/mol. The maximum absolute atomic E-state index is 12.8. The van der Waals surface area contributed by atoms with Crippen LogP contribution in [0.15, 0.2) is 79.0 Å². The Bertz CT molecular complexity index is 960. The van der Waals surface area contributed by atoms with Crippen LogP contribution in [0.5, 0.6) is 0 Å². The van der Waals surface area contributed by atoms with E-state index < -0.39 is 0 Å². The average molecular weight is 417 g/mol. The summed E-state index contributed by atoms with van der Waals surface area (Å²) in [6.45, 7) is 3.43. The minimum atomic E-state index is -0.193. The molecule has 1 atom stereocenters. The van der Waals surface area contributed by atoms with Crippen molar-refractivity contribution >= 4 is 11.8 Å². The van der Waals surface area contributed by atoms with Crippen molar-refractivity contribution in [1.82, 2.24) is 15.6 Å². The van der Waals surface area contributed by atoms with Gasteiger partial charge in [-0.1, -0.05) is 66.7 Å². The summed E-state index contributed by atoms with van der Waals surface area (Å²) in [5, 5.41) is 6.16. The number of amides is 2. The zero-order valence-corrected chi connectivity index (χ0v) is 17.5. The first-order chi connectivity index (χ1) is 15.3. The van der Waals surface area contributed by atoms with Crippen LogP contribution in [0.4, 0.5) is 10.6 Å². The van der Waals surface area contributed by atoms with Crippen LogP contribution in [0.2, 0.25) is 0 Å². The molecule has 31 heavy (non-hydrogen) atoms. The van der Waals surface area contributed by atoms with Crippen molar-refractivity contribution in [3.63, 3.8) is 0 Å². The van der Waals surface area contributed by atoms with Gasteiger partial charge in [0.15, 0.2) is 0 Å². The van der Waals surface area contributed by atoms with Crippen LogP contribution in [-0.2, 0) is 17.7 Å². The molecule has 0 saturated carbocycles. The summed E-state index contributed by atoms with van der Waals surface area (Å²) in [7, 11) is 0. The molecule has 1 aliphatic heterocycles. The molecule has 0 radical (unpaired) electrons. The second-order valence-corrected chi connectivity index (χ2v) is 7.57. The van der Waals surface area contributed by atoms with Gasteiger partial charge in [0.05, 0.1) is 19.3 Å². The molecule has 160 valence electrons. The average Bonchev–Trinajstić information content (AvgIpc) is 2.84. The monoisotopic (exact) mass is 416 g/mol. The van der Waals surface area contributed by atoms with E-state index >= 15 is 0 Å². The van der Waals surface area contributed by atoms with Crippen LogP contribution in [0, 0.1) is 0 Å². The first-order valence-electron chi connectivity index (χ1n) is 10.7. The van der Waals surface area contributed by atoms with E-state index in [1.54, 1.807) is 6.20 Å². The summed E-state index contributed by atoms with van der Waals surface area (Å²) in [5.74, 6) is 0.912. The van der Waals surface area contributed by atoms with Gasteiger partial charge < -0.3 is 20.3 Å². The lowest BCUT2D eigenvalue weighted by molar-refractivity contribution is 0.122. The third-order valence-electron chi connectivity index (χ3n) is 5.41. The molecule has 2 amide bonds. The first-order valence-corrected chi connectivity index (χ1v) is 10.7. The van der Waals surface area contributed by atoms with E-state index in [0.717, 1.165) is 36.5 Å². The maximum atomic E-state index is 12.8. The second kappa shape index (κ2) is 10.6. The summed E-state index contributed by atoms with van der Waals surface area (Å²) in [6.07, 6.45) is 2.52. The number of pyridine rings is 1. The lowest BCUT2D eigenvalue weighted by Crippen LogP contribution is -2.40. The summed E-state index contributed by atoms with van der Waals surface area (Å²) in [4.78, 5) is 19.6. The second-order valence-electron chi connectivity index (χ2n) is 7.57. The first kappa shape index (κ1) is 20.9. The highest BCUT2D eigenvalue weighted by atomic mass is 16.5. The Morgan fingerprint density at radius 1 is 0.968 bits per heavy atom. The molecule has 1 fully saturated rings. The smallest absolute Gasteiger partial charge is 0.315 e. The summed E-state index contributed by atoms with van der Waals surface area (Å²) < 4.78 is 5.44. The van der Waals surface area contributed by atoms with E-state index in [4.69, 9.17) is 4.74 Å². The van der Waals surface area contributed by atoms with Gasteiger partial charge >= 0.3 is 6.03 Å². The number of morpholine rings is 1. The van der Waals surface area contributed by atoms with Gasteiger partial charge in [0.2, 0.25) is 0 Å². The molecule has 2 N–H and O–H groups in total. The molecule has 6 nitrogen and oxygen atoms in total. The van der Waals surface area contributed by atoms with Gasteiger partial charge in [-0.15, -0.1) is 0 Å². The van der Waals surface area contributed by atoms with Crippen molar-refractivity contribution in [3.8, 4) is 0 Å². The van der Waals surface area contributed by atoms with E-state index in [1.807, 2.05) is 60.7 Å². The van der Waals surface area contributed by atoms with Crippen molar-refractivity contribution in [2.24, 2.45) is 0 Å². The summed E-state index contributed by atoms with van der Waals surface area (Å²) in [6, 6.07) is 23.9. The number of nitrogens with zero attached hydrogens (tertiary/aromatic N) is 2. The van der Waals surface area contributed by atoms with Crippen molar-refractivity contribution in [2.75, 3.05) is 31.2 Å². The number of urea groups is 1. The molecule has 0 spiro atoms. The highest BCUT2D eigenvalue weighted by molar-refractivity contribution is 5.74. The normalized spacial score (nSPS) is 14.6. The van der Waals surface area contributed by atoms with Crippen molar-refractivity contribution in [1.29, 1.82) is 0 Å². The number of carbonyl (C=O) groups is 1. The zero-order valence-electron chi connectivity index (χ0n) is 17.5. The van der Waals surface area contributed by atoms with E-state index in [0.29, 0.717) is 19.8 Å². The van der Waals surface area contributed by atoms with Gasteiger partial charge in [0, 0.05) is 31.4 Å². The number of rotatable bonds is 7. The Hall–Kier alpha value is -3.38. The third-order valence-corrected chi connectivity index (χ3v) is 5.41. The Balaban J connectivity index is 1.41. The molecule has 1 aliphatic rings. The SMILES string of the molecule is O=C(NCc1cccnc1N1CCOCC1)N[C@@H](Cc1ccccc1)c1ccccc1.